The van der Waals surface area contributed by atoms with Gasteiger partial charge in [0.1, 0.15) is 0 Å². The Labute approximate surface area is 112 Å². The third kappa shape index (κ3) is 7.70. The van der Waals surface area contributed by atoms with Gasteiger partial charge >= 0.3 is 5.97 Å². The Bertz CT molecular complexity index is 209. The van der Waals surface area contributed by atoms with Gasteiger partial charge in [0.05, 0.1) is 5.92 Å². The van der Waals surface area contributed by atoms with E-state index in [-0.39, 0.29) is 5.92 Å². The smallest absolute Gasteiger partial charge is 0.306 e. The summed E-state index contributed by atoms with van der Waals surface area (Å²) in [5, 5.41) is 12.4. The highest BCUT2D eigenvalue weighted by molar-refractivity contribution is 5.69. The SMILES string of the molecule is CC.CC(C)CCNCC1CCC(C(=O)O)CC1. The summed E-state index contributed by atoms with van der Waals surface area (Å²) in [4.78, 5) is 10.8. The van der Waals surface area contributed by atoms with E-state index < -0.39 is 5.97 Å². The largest absolute Gasteiger partial charge is 0.481 e. The molecule has 3 nitrogen and oxygen atoms in total. The molecular weight excluding hydrogens is 226 g/mol. The average molecular weight is 257 g/mol. The minimum absolute atomic E-state index is 0.0769. The molecule has 0 aromatic rings. The predicted molar refractivity (Wildman–Crippen MR) is 76.8 cm³/mol. The van der Waals surface area contributed by atoms with Crippen LogP contribution < -0.4 is 5.32 Å². The van der Waals surface area contributed by atoms with E-state index in [1.165, 1.54) is 6.42 Å². The highest BCUT2D eigenvalue weighted by atomic mass is 16.4. The summed E-state index contributed by atoms with van der Waals surface area (Å²) in [5.41, 5.74) is 0. The van der Waals surface area contributed by atoms with Crippen LogP contribution in [0.3, 0.4) is 0 Å². The molecule has 1 fully saturated rings. The van der Waals surface area contributed by atoms with Crippen LogP contribution in [0.5, 0.6) is 0 Å². The molecule has 0 atom stereocenters. The standard InChI is InChI=1S/C13H25NO2.C2H6/c1-10(2)7-8-14-9-11-3-5-12(6-4-11)13(15)16;1-2/h10-12,14H,3-9H2,1-2H3,(H,15,16);1-2H3. The van der Waals surface area contributed by atoms with E-state index in [1.807, 2.05) is 13.8 Å². The van der Waals surface area contributed by atoms with Crippen LogP contribution in [0.2, 0.25) is 0 Å². The van der Waals surface area contributed by atoms with Gasteiger partial charge in [-0.1, -0.05) is 27.7 Å². The van der Waals surface area contributed by atoms with Crippen LogP contribution in [-0.4, -0.2) is 24.2 Å². The topological polar surface area (TPSA) is 49.3 Å². The fraction of sp³-hybridized carbons (Fsp3) is 0.933. The fourth-order valence-corrected chi connectivity index (χ4v) is 2.31. The minimum Gasteiger partial charge on any atom is -0.481 e. The lowest BCUT2D eigenvalue weighted by atomic mass is 9.82. The van der Waals surface area contributed by atoms with Gasteiger partial charge in [-0.05, 0) is 57.0 Å². The molecule has 1 rings (SSSR count). The van der Waals surface area contributed by atoms with Crippen molar-refractivity contribution >= 4 is 5.97 Å². The van der Waals surface area contributed by atoms with Crippen molar-refractivity contribution in [3.63, 3.8) is 0 Å². The number of rotatable bonds is 6. The van der Waals surface area contributed by atoms with E-state index in [4.69, 9.17) is 5.11 Å². The van der Waals surface area contributed by atoms with Crippen molar-refractivity contribution in [1.29, 1.82) is 0 Å². The average Bonchev–Trinajstić information content (AvgIpc) is 2.37. The van der Waals surface area contributed by atoms with Crippen LogP contribution in [0, 0.1) is 17.8 Å². The van der Waals surface area contributed by atoms with Crippen molar-refractivity contribution in [2.45, 2.75) is 59.8 Å². The third-order valence-electron chi connectivity index (χ3n) is 3.53. The van der Waals surface area contributed by atoms with Gasteiger partial charge in [0.15, 0.2) is 0 Å². The Hall–Kier alpha value is -0.570. The number of carboxylic acids is 1. The lowest BCUT2D eigenvalue weighted by molar-refractivity contribution is -0.143. The molecule has 1 aliphatic carbocycles. The monoisotopic (exact) mass is 257 g/mol. The Morgan fingerprint density at radius 3 is 2.22 bits per heavy atom. The number of hydrogen-bond donors (Lipinski definition) is 2. The second kappa shape index (κ2) is 10.4. The summed E-state index contributed by atoms with van der Waals surface area (Å²) < 4.78 is 0. The molecule has 0 aromatic heterocycles. The summed E-state index contributed by atoms with van der Waals surface area (Å²) in [6.45, 7) is 10.6. The van der Waals surface area contributed by atoms with Crippen LogP contribution >= 0.6 is 0 Å². The van der Waals surface area contributed by atoms with E-state index >= 15 is 0 Å². The second-order valence-electron chi connectivity index (χ2n) is 5.44. The maximum absolute atomic E-state index is 10.8. The van der Waals surface area contributed by atoms with Gasteiger partial charge in [0.2, 0.25) is 0 Å². The van der Waals surface area contributed by atoms with Crippen LogP contribution in [0.15, 0.2) is 0 Å². The lowest BCUT2D eigenvalue weighted by Gasteiger charge is -2.26. The van der Waals surface area contributed by atoms with Gasteiger partial charge < -0.3 is 10.4 Å². The molecule has 0 saturated heterocycles. The highest BCUT2D eigenvalue weighted by Crippen LogP contribution is 2.28. The molecule has 18 heavy (non-hydrogen) atoms. The van der Waals surface area contributed by atoms with Crippen molar-refractivity contribution in [2.24, 2.45) is 17.8 Å². The zero-order chi connectivity index (χ0) is 14.0. The molecule has 0 spiro atoms. The summed E-state index contributed by atoms with van der Waals surface area (Å²) >= 11 is 0. The zero-order valence-corrected chi connectivity index (χ0v) is 12.5. The van der Waals surface area contributed by atoms with Crippen LogP contribution in [-0.2, 0) is 4.79 Å². The first-order valence-electron chi connectivity index (χ1n) is 7.53. The van der Waals surface area contributed by atoms with Crippen molar-refractivity contribution in [1.82, 2.24) is 5.32 Å². The van der Waals surface area contributed by atoms with Crippen LogP contribution in [0.25, 0.3) is 0 Å². The molecule has 0 unspecified atom stereocenters. The van der Waals surface area contributed by atoms with E-state index in [1.54, 1.807) is 0 Å². The van der Waals surface area contributed by atoms with Gasteiger partial charge in [-0.2, -0.15) is 0 Å². The van der Waals surface area contributed by atoms with E-state index in [2.05, 4.69) is 19.2 Å². The third-order valence-corrected chi connectivity index (χ3v) is 3.53. The normalized spacial score (nSPS) is 23.4. The molecule has 0 amide bonds. The Morgan fingerprint density at radius 1 is 1.22 bits per heavy atom. The second-order valence-corrected chi connectivity index (χ2v) is 5.44. The number of hydrogen-bond acceptors (Lipinski definition) is 2. The Morgan fingerprint density at radius 2 is 1.78 bits per heavy atom. The number of carbonyl (C=O) groups is 1. The van der Waals surface area contributed by atoms with Crippen molar-refractivity contribution in [3.8, 4) is 0 Å². The molecule has 0 bridgehead atoms. The maximum Gasteiger partial charge on any atom is 0.306 e. The van der Waals surface area contributed by atoms with E-state index in [0.717, 1.165) is 44.7 Å². The molecule has 2 N–H and O–H groups in total. The first-order valence-corrected chi connectivity index (χ1v) is 7.53. The molecule has 108 valence electrons. The van der Waals surface area contributed by atoms with Gasteiger partial charge in [0, 0.05) is 0 Å². The van der Waals surface area contributed by atoms with Crippen molar-refractivity contribution in [3.05, 3.63) is 0 Å². The van der Waals surface area contributed by atoms with E-state index in [0.29, 0.717) is 5.92 Å². The first kappa shape index (κ1) is 17.4. The summed E-state index contributed by atoms with van der Waals surface area (Å²) in [7, 11) is 0. The van der Waals surface area contributed by atoms with Gasteiger partial charge in [-0.25, -0.2) is 0 Å². The molecule has 0 aromatic carbocycles. The molecule has 3 heteroatoms. The number of aliphatic carboxylic acids is 1. The first-order chi connectivity index (χ1) is 8.59. The summed E-state index contributed by atoms with van der Waals surface area (Å²) in [5.74, 6) is 0.774. The molecule has 1 saturated carbocycles. The summed E-state index contributed by atoms with van der Waals surface area (Å²) in [6.07, 6.45) is 5.11. The highest BCUT2D eigenvalue weighted by Gasteiger charge is 2.25. The van der Waals surface area contributed by atoms with E-state index in [9.17, 15) is 4.79 Å². The van der Waals surface area contributed by atoms with Crippen LogP contribution in [0.4, 0.5) is 0 Å². The Balaban J connectivity index is 0.00000137. The molecular formula is C15H31NO2. The fourth-order valence-electron chi connectivity index (χ4n) is 2.31. The zero-order valence-electron chi connectivity index (χ0n) is 12.5. The molecule has 0 heterocycles. The molecule has 0 aliphatic heterocycles. The van der Waals surface area contributed by atoms with Crippen molar-refractivity contribution in [2.75, 3.05) is 13.1 Å². The summed E-state index contributed by atoms with van der Waals surface area (Å²) in [6, 6.07) is 0. The lowest BCUT2D eigenvalue weighted by Crippen LogP contribution is -2.29. The molecule has 1 aliphatic rings. The number of nitrogens with one attached hydrogen (secondary N) is 1. The van der Waals surface area contributed by atoms with Gasteiger partial charge in [-0.3, -0.25) is 4.79 Å². The van der Waals surface area contributed by atoms with Gasteiger partial charge in [-0.15, -0.1) is 0 Å². The molecule has 0 radical (unpaired) electrons. The maximum atomic E-state index is 10.8. The Kier molecular flexibility index (Phi) is 10.0. The van der Waals surface area contributed by atoms with Gasteiger partial charge in [0.25, 0.3) is 0 Å². The van der Waals surface area contributed by atoms with Crippen molar-refractivity contribution < 1.29 is 9.90 Å². The quantitative estimate of drug-likeness (QED) is 0.716. The minimum atomic E-state index is -0.605. The number of carboxylic acid groups (broad SMARTS) is 1. The van der Waals surface area contributed by atoms with Crippen LogP contribution in [0.1, 0.15) is 59.8 Å². The predicted octanol–water partition coefficient (Wildman–Crippen LogP) is 3.54.